The molecule has 0 spiro atoms. The molecule has 0 aromatic rings. The highest BCUT2D eigenvalue weighted by molar-refractivity contribution is 8.14. The van der Waals surface area contributed by atoms with Crippen LogP contribution >= 0.6 is 11.8 Å². The van der Waals surface area contributed by atoms with Gasteiger partial charge in [-0.15, -0.1) is 0 Å². The van der Waals surface area contributed by atoms with Crippen LogP contribution < -0.4 is 5.32 Å². The minimum Gasteiger partial charge on any atom is -0.383 e. The topological polar surface area (TPSA) is 33.6 Å². The molecule has 0 amide bonds. The van der Waals surface area contributed by atoms with E-state index in [1.54, 1.807) is 7.11 Å². The van der Waals surface area contributed by atoms with Crippen molar-refractivity contribution in [1.29, 1.82) is 0 Å². The zero-order valence-electron chi connectivity index (χ0n) is 9.95. The van der Waals surface area contributed by atoms with E-state index in [0.717, 1.165) is 24.7 Å². The Bertz CT molecular complexity index is 203. The van der Waals surface area contributed by atoms with Gasteiger partial charge in [0.25, 0.3) is 0 Å². The first-order valence-electron chi connectivity index (χ1n) is 5.76. The molecule has 1 N–H and O–H groups in total. The molecule has 0 aliphatic carbocycles. The summed E-state index contributed by atoms with van der Waals surface area (Å²) >= 11 is 1.87. The van der Waals surface area contributed by atoms with E-state index in [9.17, 15) is 0 Å². The quantitative estimate of drug-likeness (QED) is 0.760. The predicted molar refractivity (Wildman–Crippen MR) is 67.7 cm³/mol. The lowest BCUT2D eigenvalue weighted by Gasteiger charge is -2.18. The number of thioether (sulfide) groups is 1. The van der Waals surface area contributed by atoms with Crippen LogP contribution in [-0.2, 0) is 4.74 Å². The highest BCUT2D eigenvalue weighted by atomic mass is 32.2. The third kappa shape index (κ3) is 4.43. The van der Waals surface area contributed by atoms with Gasteiger partial charge in [0.2, 0.25) is 0 Å². The van der Waals surface area contributed by atoms with E-state index >= 15 is 0 Å². The SMILES string of the molecule is CCCC(COC)NC1=NCC(CC)S1. The standard InChI is InChI=1S/C11H22N2OS/c1-4-6-9(8-14-3)13-11-12-7-10(5-2)15-11/h9-10H,4-8H2,1-3H3,(H,12,13). The third-order valence-corrected chi connectivity index (χ3v) is 3.79. The summed E-state index contributed by atoms with van der Waals surface area (Å²) in [5.74, 6) is 0. The van der Waals surface area contributed by atoms with Gasteiger partial charge in [-0.1, -0.05) is 32.0 Å². The van der Waals surface area contributed by atoms with E-state index < -0.39 is 0 Å². The van der Waals surface area contributed by atoms with Gasteiger partial charge in [0, 0.05) is 12.4 Å². The zero-order chi connectivity index (χ0) is 11.1. The maximum Gasteiger partial charge on any atom is 0.157 e. The van der Waals surface area contributed by atoms with Crippen LogP contribution in [0.15, 0.2) is 4.99 Å². The molecule has 4 heteroatoms. The van der Waals surface area contributed by atoms with Gasteiger partial charge in [-0.2, -0.15) is 0 Å². The molecule has 0 bridgehead atoms. The van der Waals surface area contributed by atoms with Gasteiger partial charge in [-0.25, -0.2) is 0 Å². The highest BCUT2D eigenvalue weighted by Gasteiger charge is 2.19. The number of amidine groups is 1. The Balaban J connectivity index is 2.31. The van der Waals surface area contributed by atoms with Crippen LogP contribution in [0.4, 0.5) is 0 Å². The highest BCUT2D eigenvalue weighted by Crippen LogP contribution is 2.22. The molecule has 0 aromatic carbocycles. The van der Waals surface area contributed by atoms with E-state index in [-0.39, 0.29) is 0 Å². The lowest BCUT2D eigenvalue weighted by Crippen LogP contribution is -2.36. The van der Waals surface area contributed by atoms with Crippen molar-refractivity contribution in [1.82, 2.24) is 5.32 Å². The summed E-state index contributed by atoms with van der Waals surface area (Å²) in [4.78, 5) is 4.51. The minimum atomic E-state index is 0.418. The molecule has 88 valence electrons. The summed E-state index contributed by atoms with van der Waals surface area (Å²) in [5, 5.41) is 5.26. The Morgan fingerprint density at radius 3 is 2.93 bits per heavy atom. The molecule has 1 aliphatic rings. The third-order valence-electron chi connectivity index (χ3n) is 2.50. The number of hydrogen-bond acceptors (Lipinski definition) is 4. The number of nitrogens with zero attached hydrogens (tertiary/aromatic N) is 1. The summed E-state index contributed by atoms with van der Waals surface area (Å²) in [5.41, 5.74) is 0. The Morgan fingerprint density at radius 1 is 1.60 bits per heavy atom. The maximum absolute atomic E-state index is 5.19. The van der Waals surface area contributed by atoms with Crippen molar-refractivity contribution in [3.63, 3.8) is 0 Å². The Morgan fingerprint density at radius 2 is 2.40 bits per heavy atom. The van der Waals surface area contributed by atoms with Gasteiger partial charge in [-0.3, -0.25) is 4.99 Å². The summed E-state index contributed by atoms with van der Waals surface area (Å²) in [6, 6.07) is 0.418. The molecule has 1 rings (SSSR count). The lowest BCUT2D eigenvalue weighted by molar-refractivity contribution is 0.170. The van der Waals surface area contributed by atoms with Gasteiger partial charge in [0.05, 0.1) is 19.2 Å². The van der Waals surface area contributed by atoms with Gasteiger partial charge in [0.1, 0.15) is 0 Å². The fourth-order valence-electron chi connectivity index (χ4n) is 1.63. The summed E-state index contributed by atoms with van der Waals surface area (Å²) in [6.45, 7) is 6.15. The lowest BCUT2D eigenvalue weighted by atomic mass is 10.2. The number of ether oxygens (including phenoxy) is 1. The molecule has 1 aliphatic heterocycles. The Hall–Kier alpha value is -0.220. The second kappa shape index (κ2) is 7.12. The summed E-state index contributed by atoms with van der Waals surface area (Å²) in [6.07, 6.45) is 3.52. The molecular formula is C11H22N2OS. The molecular weight excluding hydrogens is 208 g/mol. The number of nitrogens with one attached hydrogen (secondary N) is 1. The fraction of sp³-hybridized carbons (Fsp3) is 0.909. The predicted octanol–water partition coefficient (Wildman–Crippen LogP) is 2.27. The van der Waals surface area contributed by atoms with Gasteiger partial charge >= 0.3 is 0 Å². The van der Waals surface area contributed by atoms with E-state index in [1.807, 2.05) is 11.8 Å². The minimum absolute atomic E-state index is 0.418. The Kier molecular flexibility index (Phi) is 6.10. The molecule has 2 unspecified atom stereocenters. The number of rotatable bonds is 6. The molecule has 0 saturated heterocycles. The number of aliphatic imine (C=N–C) groups is 1. The van der Waals surface area contributed by atoms with Gasteiger partial charge < -0.3 is 10.1 Å². The van der Waals surface area contributed by atoms with Crippen LogP contribution in [0.25, 0.3) is 0 Å². The summed E-state index contributed by atoms with van der Waals surface area (Å²) in [7, 11) is 1.75. The molecule has 0 radical (unpaired) electrons. The van der Waals surface area contributed by atoms with E-state index in [0.29, 0.717) is 11.3 Å². The average molecular weight is 230 g/mol. The molecule has 0 fully saturated rings. The zero-order valence-corrected chi connectivity index (χ0v) is 10.8. The number of methoxy groups -OCH3 is 1. The molecule has 2 atom stereocenters. The van der Waals surface area contributed by atoms with Crippen LogP contribution in [0.1, 0.15) is 33.1 Å². The van der Waals surface area contributed by atoms with Crippen molar-refractivity contribution in [2.45, 2.75) is 44.4 Å². The van der Waals surface area contributed by atoms with E-state index in [4.69, 9.17) is 4.74 Å². The molecule has 0 saturated carbocycles. The van der Waals surface area contributed by atoms with Crippen molar-refractivity contribution in [3.05, 3.63) is 0 Å². The van der Waals surface area contributed by atoms with Crippen molar-refractivity contribution in [3.8, 4) is 0 Å². The first kappa shape index (κ1) is 12.8. The maximum atomic E-state index is 5.19. The van der Waals surface area contributed by atoms with Crippen molar-refractivity contribution in [2.75, 3.05) is 20.3 Å². The van der Waals surface area contributed by atoms with E-state index in [2.05, 4.69) is 24.2 Å². The largest absolute Gasteiger partial charge is 0.383 e. The van der Waals surface area contributed by atoms with Gasteiger partial charge in [0.15, 0.2) is 5.17 Å². The average Bonchev–Trinajstić information content (AvgIpc) is 2.66. The van der Waals surface area contributed by atoms with Crippen LogP contribution in [0, 0.1) is 0 Å². The number of hydrogen-bond donors (Lipinski definition) is 1. The molecule has 1 heterocycles. The summed E-state index contributed by atoms with van der Waals surface area (Å²) < 4.78 is 5.19. The van der Waals surface area contributed by atoms with Gasteiger partial charge in [-0.05, 0) is 12.8 Å². The van der Waals surface area contributed by atoms with E-state index in [1.165, 1.54) is 12.8 Å². The first-order chi connectivity index (χ1) is 7.30. The second-order valence-electron chi connectivity index (χ2n) is 3.88. The normalized spacial score (nSPS) is 22.6. The van der Waals surface area contributed by atoms with Crippen LogP contribution in [-0.4, -0.2) is 36.7 Å². The molecule has 3 nitrogen and oxygen atoms in total. The van der Waals surface area contributed by atoms with Crippen molar-refractivity contribution >= 4 is 16.9 Å². The smallest absolute Gasteiger partial charge is 0.157 e. The second-order valence-corrected chi connectivity index (χ2v) is 5.17. The monoisotopic (exact) mass is 230 g/mol. The van der Waals surface area contributed by atoms with Crippen molar-refractivity contribution in [2.24, 2.45) is 4.99 Å². The van der Waals surface area contributed by atoms with Crippen LogP contribution in [0.2, 0.25) is 0 Å². The van der Waals surface area contributed by atoms with Crippen molar-refractivity contribution < 1.29 is 4.74 Å². The fourth-order valence-corrected chi connectivity index (χ4v) is 2.65. The van der Waals surface area contributed by atoms with Crippen LogP contribution in [0.5, 0.6) is 0 Å². The molecule has 0 aromatic heterocycles. The first-order valence-corrected chi connectivity index (χ1v) is 6.64. The Labute approximate surface area is 97.1 Å². The van der Waals surface area contributed by atoms with Crippen LogP contribution in [0.3, 0.4) is 0 Å². The molecule has 15 heavy (non-hydrogen) atoms.